The Morgan fingerprint density at radius 2 is 2.20 bits per heavy atom. The number of fused-ring (bicyclic) bond motifs is 1. The second kappa shape index (κ2) is 6.81. The van der Waals surface area contributed by atoms with E-state index in [1.807, 2.05) is 18.2 Å². The fourth-order valence-electron chi connectivity index (χ4n) is 2.46. The average Bonchev–Trinajstić information content (AvgIpc) is 2.93. The zero-order chi connectivity index (χ0) is 13.1. The van der Waals surface area contributed by atoms with Crippen molar-refractivity contribution in [3.8, 4) is 11.5 Å². The van der Waals surface area contributed by atoms with Gasteiger partial charge in [0, 0.05) is 13.1 Å². The first kappa shape index (κ1) is 14.9. The van der Waals surface area contributed by atoms with Gasteiger partial charge in [-0.15, -0.1) is 12.4 Å². The van der Waals surface area contributed by atoms with Crippen molar-refractivity contribution in [3.63, 3.8) is 0 Å². The van der Waals surface area contributed by atoms with E-state index in [0.29, 0.717) is 6.54 Å². The van der Waals surface area contributed by atoms with Crippen molar-refractivity contribution in [2.24, 2.45) is 5.92 Å². The minimum atomic E-state index is 0. The van der Waals surface area contributed by atoms with Crippen LogP contribution in [0.2, 0.25) is 0 Å². The summed E-state index contributed by atoms with van der Waals surface area (Å²) in [5, 5.41) is 6.24. The maximum Gasteiger partial charge on any atom is 0.231 e. The Morgan fingerprint density at radius 3 is 3.00 bits per heavy atom. The van der Waals surface area contributed by atoms with E-state index in [1.165, 1.54) is 0 Å². The quantitative estimate of drug-likeness (QED) is 0.887. The molecular formula is C14H19ClN2O3. The van der Waals surface area contributed by atoms with Crippen LogP contribution in [0.4, 0.5) is 0 Å². The molecule has 5 nitrogen and oxygen atoms in total. The molecule has 3 rings (SSSR count). The molecule has 0 aliphatic carbocycles. The van der Waals surface area contributed by atoms with E-state index in [2.05, 4.69) is 10.6 Å². The molecule has 20 heavy (non-hydrogen) atoms. The van der Waals surface area contributed by atoms with Gasteiger partial charge in [0.15, 0.2) is 11.5 Å². The van der Waals surface area contributed by atoms with Crippen LogP contribution in [-0.2, 0) is 11.3 Å². The van der Waals surface area contributed by atoms with E-state index >= 15 is 0 Å². The Labute approximate surface area is 124 Å². The maximum atomic E-state index is 12.0. The van der Waals surface area contributed by atoms with Crippen LogP contribution in [-0.4, -0.2) is 25.8 Å². The van der Waals surface area contributed by atoms with Gasteiger partial charge in [-0.3, -0.25) is 4.79 Å². The molecule has 1 aromatic rings. The molecule has 0 aromatic heterocycles. The predicted octanol–water partition coefficient (Wildman–Crippen LogP) is 1.45. The highest BCUT2D eigenvalue weighted by Crippen LogP contribution is 2.32. The van der Waals surface area contributed by atoms with Crippen LogP contribution < -0.4 is 20.1 Å². The fraction of sp³-hybridized carbons (Fsp3) is 0.500. The van der Waals surface area contributed by atoms with E-state index < -0.39 is 0 Å². The van der Waals surface area contributed by atoms with E-state index in [4.69, 9.17) is 9.47 Å². The molecule has 0 saturated carbocycles. The number of nitrogens with one attached hydrogen (secondary N) is 2. The summed E-state index contributed by atoms with van der Waals surface area (Å²) in [5.74, 6) is 1.75. The Balaban J connectivity index is 0.00000147. The van der Waals surface area contributed by atoms with Crippen LogP contribution in [0.25, 0.3) is 0 Å². The second-order valence-electron chi connectivity index (χ2n) is 4.95. The summed E-state index contributed by atoms with van der Waals surface area (Å²) >= 11 is 0. The van der Waals surface area contributed by atoms with Crippen LogP contribution in [0.5, 0.6) is 11.5 Å². The summed E-state index contributed by atoms with van der Waals surface area (Å²) in [4.78, 5) is 12.0. The van der Waals surface area contributed by atoms with Crippen LogP contribution in [0.15, 0.2) is 18.2 Å². The molecule has 1 unspecified atom stereocenters. The molecule has 1 aromatic carbocycles. The number of benzene rings is 1. The third kappa shape index (κ3) is 3.35. The summed E-state index contributed by atoms with van der Waals surface area (Å²) in [7, 11) is 0. The molecule has 2 aliphatic rings. The van der Waals surface area contributed by atoms with Crippen molar-refractivity contribution in [2.75, 3.05) is 19.9 Å². The highest BCUT2D eigenvalue weighted by Gasteiger charge is 2.20. The van der Waals surface area contributed by atoms with Gasteiger partial charge in [-0.1, -0.05) is 6.07 Å². The summed E-state index contributed by atoms with van der Waals surface area (Å²) in [6, 6.07) is 5.75. The number of carbonyl (C=O) groups is 1. The molecular weight excluding hydrogens is 280 g/mol. The topological polar surface area (TPSA) is 59.6 Å². The lowest BCUT2D eigenvalue weighted by molar-refractivity contribution is -0.125. The number of hydrogen-bond donors (Lipinski definition) is 2. The molecule has 0 spiro atoms. The summed E-state index contributed by atoms with van der Waals surface area (Å²) in [5.41, 5.74) is 1.03. The minimum Gasteiger partial charge on any atom is -0.454 e. The van der Waals surface area contributed by atoms with Gasteiger partial charge in [-0.05, 0) is 37.1 Å². The van der Waals surface area contributed by atoms with Gasteiger partial charge in [-0.2, -0.15) is 0 Å². The fourth-order valence-corrected chi connectivity index (χ4v) is 2.46. The van der Waals surface area contributed by atoms with Crippen LogP contribution in [0.3, 0.4) is 0 Å². The zero-order valence-electron chi connectivity index (χ0n) is 11.2. The van der Waals surface area contributed by atoms with Crippen molar-refractivity contribution in [2.45, 2.75) is 19.4 Å². The highest BCUT2D eigenvalue weighted by molar-refractivity contribution is 5.85. The number of rotatable bonds is 3. The predicted molar refractivity (Wildman–Crippen MR) is 77.3 cm³/mol. The molecule has 1 saturated heterocycles. The van der Waals surface area contributed by atoms with Crippen LogP contribution >= 0.6 is 12.4 Å². The molecule has 0 radical (unpaired) electrons. The number of hydrogen-bond acceptors (Lipinski definition) is 4. The van der Waals surface area contributed by atoms with Crippen LogP contribution in [0.1, 0.15) is 18.4 Å². The second-order valence-corrected chi connectivity index (χ2v) is 4.95. The summed E-state index contributed by atoms with van der Waals surface area (Å²) < 4.78 is 10.6. The van der Waals surface area contributed by atoms with Gasteiger partial charge in [0.2, 0.25) is 12.7 Å². The van der Waals surface area contributed by atoms with Crippen molar-refractivity contribution in [1.29, 1.82) is 0 Å². The molecule has 110 valence electrons. The lowest BCUT2D eigenvalue weighted by Gasteiger charge is -2.21. The Bertz CT molecular complexity index is 475. The maximum absolute atomic E-state index is 12.0. The molecule has 2 heterocycles. The highest BCUT2D eigenvalue weighted by atomic mass is 35.5. The average molecular weight is 299 g/mol. The molecule has 1 atom stereocenters. The van der Waals surface area contributed by atoms with Crippen molar-refractivity contribution >= 4 is 18.3 Å². The van der Waals surface area contributed by atoms with E-state index in [-0.39, 0.29) is 31.0 Å². The first-order valence-electron chi connectivity index (χ1n) is 6.70. The van der Waals surface area contributed by atoms with Gasteiger partial charge >= 0.3 is 0 Å². The molecule has 6 heteroatoms. The van der Waals surface area contributed by atoms with Crippen LogP contribution in [0, 0.1) is 5.92 Å². The molecule has 2 aliphatic heterocycles. The summed E-state index contributed by atoms with van der Waals surface area (Å²) in [6.07, 6.45) is 2.04. The van der Waals surface area contributed by atoms with E-state index in [9.17, 15) is 4.79 Å². The Morgan fingerprint density at radius 1 is 1.35 bits per heavy atom. The molecule has 2 N–H and O–H groups in total. The van der Waals surface area contributed by atoms with Gasteiger partial charge in [0.05, 0.1) is 5.92 Å². The van der Waals surface area contributed by atoms with Crippen molar-refractivity contribution in [3.05, 3.63) is 23.8 Å². The lowest BCUT2D eigenvalue weighted by atomic mass is 9.99. The third-order valence-corrected chi connectivity index (χ3v) is 3.57. The monoisotopic (exact) mass is 298 g/mol. The standard InChI is InChI=1S/C14H18N2O3.ClH/c17-14(11-2-1-5-15-8-11)16-7-10-3-4-12-13(6-10)19-9-18-12;/h3-4,6,11,15H,1-2,5,7-9H2,(H,16,17);1H. The first-order chi connectivity index (χ1) is 9.33. The van der Waals surface area contributed by atoms with E-state index in [1.54, 1.807) is 0 Å². The largest absolute Gasteiger partial charge is 0.454 e. The number of carbonyl (C=O) groups excluding carboxylic acids is 1. The SMILES string of the molecule is Cl.O=C(NCc1ccc2c(c1)OCO2)C1CCCNC1. The minimum absolute atomic E-state index is 0. The zero-order valence-corrected chi connectivity index (χ0v) is 12.0. The van der Waals surface area contributed by atoms with Crippen molar-refractivity contribution < 1.29 is 14.3 Å². The number of amides is 1. The third-order valence-electron chi connectivity index (χ3n) is 3.57. The Kier molecular flexibility index (Phi) is 5.09. The number of ether oxygens (including phenoxy) is 2. The normalized spacial score (nSPS) is 20.1. The number of piperidine rings is 1. The van der Waals surface area contributed by atoms with E-state index in [0.717, 1.165) is 43.0 Å². The van der Waals surface area contributed by atoms with Gasteiger partial charge in [-0.25, -0.2) is 0 Å². The van der Waals surface area contributed by atoms with Gasteiger partial charge < -0.3 is 20.1 Å². The summed E-state index contributed by atoms with van der Waals surface area (Å²) in [6.45, 7) is 2.61. The Hall–Kier alpha value is -1.46. The lowest BCUT2D eigenvalue weighted by Crippen LogP contribution is -2.40. The first-order valence-corrected chi connectivity index (χ1v) is 6.70. The van der Waals surface area contributed by atoms with Gasteiger partial charge in [0.1, 0.15) is 0 Å². The van der Waals surface area contributed by atoms with Crippen molar-refractivity contribution in [1.82, 2.24) is 10.6 Å². The smallest absolute Gasteiger partial charge is 0.231 e. The molecule has 1 fully saturated rings. The van der Waals surface area contributed by atoms with Gasteiger partial charge in [0.25, 0.3) is 0 Å². The number of halogens is 1. The molecule has 0 bridgehead atoms. The molecule has 1 amide bonds.